The van der Waals surface area contributed by atoms with Crippen molar-refractivity contribution in [1.82, 2.24) is 0 Å². The minimum atomic E-state index is -6.24. The molecule has 2 saturated heterocycles. The molecule has 35 nitrogen and oxygen atoms in total. The van der Waals surface area contributed by atoms with E-state index in [9.17, 15) is 94.7 Å². The Morgan fingerprint density at radius 2 is 0.782 bits per heavy atom. The maximum absolute atomic E-state index is 11.9. The molecule has 9 atom stereocenters. The maximum atomic E-state index is 11.9. The molecule has 0 radical (unpaired) electrons. The highest BCUT2D eigenvalue weighted by Gasteiger charge is 2.65. The molecule has 328 valence electrons. The van der Waals surface area contributed by atoms with Gasteiger partial charge in [0.25, 0.3) is 0 Å². The Kier molecular flexibility index (Phi) is 15.6. The second kappa shape index (κ2) is 17.2. The van der Waals surface area contributed by atoms with E-state index in [1.165, 1.54) is 0 Å². The van der Waals surface area contributed by atoms with E-state index in [0.717, 1.165) is 0 Å². The van der Waals surface area contributed by atoms with E-state index in [1.54, 1.807) is 0 Å². The highest BCUT2D eigenvalue weighted by atomic mass is 32.3. The van der Waals surface area contributed by atoms with Crippen molar-refractivity contribution >= 4 is 83.2 Å². The summed E-state index contributed by atoms with van der Waals surface area (Å²) < 4.78 is 307. The fraction of sp³-hybridized carbons (Fsp3) is 1.00. The third-order valence-electron chi connectivity index (χ3n) is 5.68. The van der Waals surface area contributed by atoms with Crippen LogP contribution in [0.2, 0.25) is 0 Å². The lowest BCUT2D eigenvalue weighted by Gasteiger charge is -2.45. The zero-order chi connectivity index (χ0) is 43.0. The van der Waals surface area contributed by atoms with Crippen LogP contribution in [-0.4, -0.2) is 178 Å². The van der Waals surface area contributed by atoms with Crippen molar-refractivity contribution in [3.8, 4) is 0 Å². The summed E-state index contributed by atoms with van der Waals surface area (Å²) in [6.45, 7) is -6.25. The number of hydrogen-bond acceptors (Lipinski definition) is 27. The molecule has 0 saturated carbocycles. The van der Waals surface area contributed by atoms with Crippen LogP contribution in [0.25, 0.3) is 0 Å². The van der Waals surface area contributed by atoms with E-state index in [1.807, 2.05) is 0 Å². The van der Waals surface area contributed by atoms with Crippen LogP contribution in [0.1, 0.15) is 0 Å². The summed E-state index contributed by atoms with van der Waals surface area (Å²) in [5.74, 6) is -4.12. The molecule has 0 bridgehead atoms. The van der Waals surface area contributed by atoms with Crippen LogP contribution in [0, 0.1) is 0 Å². The Hall–Kier alpha value is -1.16. The summed E-state index contributed by atoms with van der Waals surface area (Å²) in [6, 6.07) is 0. The van der Waals surface area contributed by atoms with Crippen LogP contribution in [0.15, 0.2) is 0 Å². The van der Waals surface area contributed by atoms with Gasteiger partial charge in [0, 0.05) is 0 Å². The maximum Gasteiger partial charge on any atom is 0.397 e. The Bertz CT molecular complexity index is 2280. The van der Waals surface area contributed by atoms with Crippen molar-refractivity contribution in [3.63, 3.8) is 0 Å². The summed E-state index contributed by atoms with van der Waals surface area (Å²) in [5, 5.41) is 0. The van der Waals surface area contributed by atoms with E-state index >= 15 is 0 Å². The first-order valence-corrected chi connectivity index (χ1v) is 23.2. The van der Waals surface area contributed by atoms with Crippen LogP contribution in [-0.2, 0) is 131 Å². The van der Waals surface area contributed by atoms with Gasteiger partial charge < -0.3 is 14.2 Å². The molecule has 2 aliphatic rings. The summed E-state index contributed by atoms with van der Waals surface area (Å²) >= 11 is 0. The molecule has 2 fully saturated rings. The first-order chi connectivity index (χ1) is 24.2. The fourth-order valence-corrected chi connectivity index (χ4v) is 7.68. The van der Waals surface area contributed by atoms with Crippen LogP contribution < -0.4 is 0 Å². The zero-order valence-electron chi connectivity index (χ0n) is 25.1. The lowest BCUT2D eigenvalue weighted by molar-refractivity contribution is -0.374. The second-order valence-corrected chi connectivity index (χ2v) is 18.2. The van der Waals surface area contributed by atoms with Gasteiger partial charge in [-0.25, -0.2) is 33.5 Å². The van der Waals surface area contributed by atoms with Gasteiger partial charge in [-0.2, -0.15) is 67.3 Å². The van der Waals surface area contributed by atoms with Crippen LogP contribution in [0.3, 0.4) is 0 Å². The molecule has 2 rings (SSSR count). The molecule has 0 aromatic carbocycles. The van der Waals surface area contributed by atoms with Crippen molar-refractivity contribution < 1.29 is 151 Å². The van der Waals surface area contributed by atoms with Crippen LogP contribution in [0.4, 0.5) is 0 Å². The first kappa shape index (κ1) is 50.0. The average Bonchev–Trinajstić information content (AvgIpc) is 3.15. The summed E-state index contributed by atoms with van der Waals surface area (Å²) in [7, 11) is -48.3. The van der Waals surface area contributed by atoms with Gasteiger partial charge in [-0.3, -0.25) is 36.4 Å². The second-order valence-electron chi connectivity index (χ2n) is 9.64. The molecule has 0 aromatic heterocycles. The lowest BCUT2D eigenvalue weighted by atomic mass is 9.99. The largest absolute Gasteiger partial charge is 0.397 e. The predicted octanol–water partition coefficient (Wildman–Crippen LogP) is -6.78. The van der Waals surface area contributed by atoms with Crippen molar-refractivity contribution in [2.45, 2.75) is 54.8 Å². The minimum absolute atomic E-state index is 1.92. The molecule has 8 N–H and O–H groups in total. The topological polar surface area (TPSA) is 536 Å². The van der Waals surface area contributed by atoms with Gasteiger partial charge >= 0.3 is 83.2 Å². The third-order valence-corrected chi connectivity index (χ3v) is 9.28. The molecule has 0 aromatic rings. The van der Waals surface area contributed by atoms with Crippen molar-refractivity contribution in [2.24, 2.45) is 0 Å². The van der Waals surface area contributed by atoms with Gasteiger partial charge in [0.1, 0.15) is 37.1 Å². The smallest absolute Gasteiger partial charge is 0.341 e. The van der Waals surface area contributed by atoms with Crippen molar-refractivity contribution in [3.05, 3.63) is 0 Å². The van der Waals surface area contributed by atoms with Crippen molar-refractivity contribution in [2.75, 3.05) is 19.8 Å². The molecular weight excluding hydrogens is 961 g/mol. The normalized spacial score (nSPS) is 30.7. The Morgan fingerprint density at radius 1 is 0.418 bits per heavy atom. The van der Waals surface area contributed by atoms with Gasteiger partial charge in [0.15, 0.2) is 18.5 Å². The summed E-state index contributed by atoms with van der Waals surface area (Å²) in [4.78, 5) is 0. The third kappa shape index (κ3) is 18.1. The van der Waals surface area contributed by atoms with Gasteiger partial charge in [-0.05, 0) is 0 Å². The van der Waals surface area contributed by atoms with Gasteiger partial charge in [0.2, 0.25) is 5.79 Å². The number of rotatable bonds is 21. The molecule has 0 amide bonds. The zero-order valence-corrected chi connectivity index (χ0v) is 31.6. The number of hydrogen-bond donors (Lipinski definition) is 8. The minimum Gasteiger partial charge on any atom is -0.341 e. The Morgan fingerprint density at radius 3 is 1.18 bits per heavy atom. The summed E-state index contributed by atoms with van der Waals surface area (Å²) in [5.41, 5.74) is 0. The van der Waals surface area contributed by atoms with E-state index in [-0.39, 0.29) is 0 Å². The predicted molar refractivity (Wildman–Crippen MR) is 152 cm³/mol. The number of ether oxygens (including phenoxy) is 3. The van der Waals surface area contributed by atoms with Gasteiger partial charge in [-0.1, -0.05) is 0 Å². The standard InChI is InChI=1S/C12H22O35S8/c13-48(14,15)37-1-4-6(43-51(22,23)24)8(45-53(28,29)30)9(46-54(31,32)33)11(40-4)42-12(3-39-50(19,20)21)10(47-55(34,35)36)7(44-52(25,26)27)5(41-12)2-38-49(16,17)18/h4-11H,1-3H2,(H,13,14,15)(H,16,17,18)(H,19,20,21)(H,22,23,24)(H,25,26,27)(H,28,29,30)(H,31,32,33)(H,34,35,36)/t4?,5-,6-,7-,8+,9-,10+,11-,12+/m1/s1. The average molecular weight is 983 g/mol. The molecule has 2 aliphatic heterocycles. The molecular formula is C12H22O35S8. The summed E-state index contributed by atoms with van der Waals surface area (Å²) in [6.07, 6.45) is -26.0. The van der Waals surface area contributed by atoms with Gasteiger partial charge in [0.05, 0.1) is 13.2 Å². The molecule has 0 aliphatic carbocycles. The molecule has 2 heterocycles. The highest BCUT2D eigenvalue weighted by Crippen LogP contribution is 2.42. The molecule has 43 heteroatoms. The molecule has 0 spiro atoms. The van der Waals surface area contributed by atoms with Crippen LogP contribution in [0.5, 0.6) is 0 Å². The molecule has 1 unspecified atom stereocenters. The SMILES string of the molecule is O=S(=O)(O)OCC1O[C@H](O[C@]2(COS(=O)(=O)O)O[C@H](COS(=O)(=O)O)[C@@H](OS(=O)(=O)O)[C@@H]2OS(=O)(=O)O)[C@H](OS(=O)(=O)O)[C@@H](OS(=O)(=O)O)[C@@H]1OS(=O)(=O)O. The van der Waals surface area contributed by atoms with E-state index < -0.39 is 158 Å². The lowest BCUT2D eigenvalue weighted by Crippen LogP contribution is -2.65. The van der Waals surface area contributed by atoms with Gasteiger partial charge in [-0.15, -0.1) is 0 Å². The van der Waals surface area contributed by atoms with Crippen LogP contribution >= 0.6 is 0 Å². The first-order valence-electron chi connectivity index (χ1n) is 12.3. The Labute approximate surface area is 308 Å². The van der Waals surface area contributed by atoms with Crippen molar-refractivity contribution in [1.29, 1.82) is 0 Å². The highest BCUT2D eigenvalue weighted by molar-refractivity contribution is 7.82. The monoisotopic (exact) mass is 982 g/mol. The Balaban J connectivity index is 3.07. The molecule has 55 heavy (non-hydrogen) atoms. The quantitative estimate of drug-likeness (QED) is 0.0496. The van der Waals surface area contributed by atoms with E-state index in [2.05, 4.69) is 33.5 Å². The van der Waals surface area contributed by atoms with E-state index in [0.29, 0.717) is 0 Å². The van der Waals surface area contributed by atoms with E-state index in [4.69, 9.17) is 23.3 Å². The fourth-order valence-electron chi connectivity index (χ4n) is 4.24.